The summed E-state index contributed by atoms with van der Waals surface area (Å²) in [5, 5.41) is 13.5. The molecule has 104 valence electrons. The zero-order valence-corrected chi connectivity index (χ0v) is 11.9. The van der Waals surface area contributed by atoms with Crippen LogP contribution in [0.3, 0.4) is 0 Å². The summed E-state index contributed by atoms with van der Waals surface area (Å²) < 4.78 is 0. The van der Waals surface area contributed by atoms with E-state index in [2.05, 4.69) is 5.32 Å². The SMILES string of the molecule is CC(Nc1ccc(Cl)cc1)(C(=O)O)C1CCCCC1. The fourth-order valence-corrected chi connectivity index (χ4v) is 2.97. The summed E-state index contributed by atoms with van der Waals surface area (Å²) in [6, 6.07) is 7.19. The normalized spacial score (nSPS) is 19.7. The van der Waals surface area contributed by atoms with Crippen LogP contribution in [-0.2, 0) is 4.79 Å². The van der Waals surface area contributed by atoms with Gasteiger partial charge < -0.3 is 10.4 Å². The molecule has 1 aromatic carbocycles. The van der Waals surface area contributed by atoms with Gasteiger partial charge in [0.2, 0.25) is 0 Å². The van der Waals surface area contributed by atoms with Gasteiger partial charge in [0.25, 0.3) is 0 Å². The Morgan fingerprint density at radius 1 is 1.26 bits per heavy atom. The zero-order chi connectivity index (χ0) is 13.9. The Bertz CT molecular complexity index is 440. The highest BCUT2D eigenvalue weighted by Crippen LogP contribution is 2.35. The fourth-order valence-electron chi connectivity index (χ4n) is 2.84. The topological polar surface area (TPSA) is 49.3 Å². The Labute approximate surface area is 119 Å². The number of carboxylic acids is 1. The molecule has 0 heterocycles. The van der Waals surface area contributed by atoms with Gasteiger partial charge in [-0.25, -0.2) is 4.79 Å². The highest BCUT2D eigenvalue weighted by molar-refractivity contribution is 6.30. The molecule has 2 rings (SSSR count). The monoisotopic (exact) mass is 281 g/mol. The van der Waals surface area contributed by atoms with Crippen LogP contribution in [0.2, 0.25) is 5.02 Å². The summed E-state index contributed by atoms with van der Waals surface area (Å²) in [6.45, 7) is 1.79. The lowest BCUT2D eigenvalue weighted by Gasteiger charge is -2.37. The molecule has 0 amide bonds. The van der Waals surface area contributed by atoms with Crippen LogP contribution >= 0.6 is 11.6 Å². The number of anilines is 1. The van der Waals surface area contributed by atoms with Crippen LogP contribution in [0.25, 0.3) is 0 Å². The molecular weight excluding hydrogens is 262 g/mol. The number of hydrogen-bond donors (Lipinski definition) is 2. The summed E-state index contributed by atoms with van der Waals surface area (Å²) in [4.78, 5) is 11.7. The molecule has 1 saturated carbocycles. The first-order valence-electron chi connectivity index (χ1n) is 6.79. The van der Waals surface area contributed by atoms with Gasteiger partial charge in [0.05, 0.1) is 0 Å². The largest absolute Gasteiger partial charge is 0.480 e. The lowest BCUT2D eigenvalue weighted by Crippen LogP contribution is -2.50. The third kappa shape index (κ3) is 3.21. The second-order valence-corrected chi connectivity index (χ2v) is 5.91. The Balaban J connectivity index is 2.18. The molecule has 19 heavy (non-hydrogen) atoms. The van der Waals surface area contributed by atoms with Crippen LogP contribution in [0, 0.1) is 5.92 Å². The summed E-state index contributed by atoms with van der Waals surface area (Å²) in [6.07, 6.45) is 5.41. The van der Waals surface area contributed by atoms with Crippen molar-refractivity contribution in [2.45, 2.75) is 44.6 Å². The van der Waals surface area contributed by atoms with Gasteiger partial charge in [-0.15, -0.1) is 0 Å². The molecule has 1 aliphatic carbocycles. The van der Waals surface area contributed by atoms with Crippen LogP contribution in [0.5, 0.6) is 0 Å². The number of hydrogen-bond acceptors (Lipinski definition) is 2. The number of nitrogens with one attached hydrogen (secondary N) is 1. The molecule has 1 aromatic rings. The van der Waals surface area contributed by atoms with Gasteiger partial charge in [-0.1, -0.05) is 30.9 Å². The third-order valence-corrected chi connectivity index (χ3v) is 4.37. The summed E-state index contributed by atoms with van der Waals surface area (Å²) >= 11 is 5.85. The van der Waals surface area contributed by atoms with E-state index in [0.717, 1.165) is 31.4 Å². The molecule has 0 radical (unpaired) electrons. The van der Waals surface area contributed by atoms with Crippen molar-refractivity contribution in [3.63, 3.8) is 0 Å². The molecule has 0 bridgehead atoms. The number of halogens is 1. The van der Waals surface area contributed by atoms with Crippen LogP contribution in [-0.4, -0.2) is 16.6 Å². The summed E-state index contributed by atoms with van der Waals surface area (Å²) in [5.74, 6) is -0.608. The highest BCUT2D eigenvalue weighted by Gasteiger charge is 2.41. The second kappa shape index (κ2) is 5.83. The number of carboxylic acid groups (broad SMARTS) is 1. The van der Waals surface area contributed by atoms with Gasteiger partial charge >= 0.3 is 5.97 Å². The van der Waals surface area contributed by atoms with Crippen LogP contribution in [0.1, 0.15) is 39.0 Å². The minimum atomic E-state index is -0.908. The second-order valence-electron chi connectivity index (χ2n) is 5.47. The number of aliphatic carboxylic acids is 1. The molecule has 1 aliphatic rings. The molecule has 0 aliphatic heterocycles. The van der Waals surface area contributed by atoms with E-state index in [9.17, 15) is 9.90 Å². The Morgan fingerprint density at radius 2 is 1.84 bits per heavy atom. The van der Waals surface area contributed by atoms with E-state index in [1.165, 1.54) is 6.42 Å². The first kappa shape index (κ1) is 14.2. The van der Waals surface area contributed by atoms with Crippen molar-refractivity contribution in [2.75, 3.05) is 5.32 Å². The molecule has 1 unspecified atom stereocenters. The van der Waals surface area contributed by atoms with E-state index >= 15 is 0 Å². The fraction of sp³-hybridized carbons (Fsp3) is 0.533. The minimum Gasteiger partial charge on any atom is -0.480 e. The molecular formula is C15H20ClNO2. The lowest BCUT2D eigenvalue weighted by molar-refractivity contribution is -0.144. The van der Waals surface area contributed by atoms with Gasteiger partial charge in [-0.05, 0) is 49.9 Å². The quantitative estimate of drug-likeness (QED) is 0.870. The minimum absolute atomic E-state index is 0.175. The van der Waals surface area contributed by atoms with E-state index in [1.54, 1.807) is 19.1 Å². The average Bonchev–Trinajstić information content (AvgIpc) is 2.42. The summed E-state index contributed by atoms with van der Waals surface area (Å²) in [7, 11) is 0. The smallest absolute Gasteiger partial charge is 0.329 e. The zero-order valence-electron chi connectivity index (χ0n) is 11.2. The van der Waals surface area contributed by atoms with Gasteiger partial charge in [0.1, 0.15) is 5.54 Å². The van der Waals surface area contributed by atoms with Crippen LogP contribution < -0.4 is 5.32 Å². The Kier molecular flexibility index (Phi) is 4.35. The van der Waals surface area contributed by atoms with Crippen molar-refractivity contribution in [3.8, 4) is 0 Å². The van der Waals surface area contributed by atoms with Gasteiger partial charge in [0, 0.05) is 10.7 Å². The van der Waals surface area contributed by atoms with Crippen molar-refractivity contribution < 1.29 is 9.90 Å². The first-order chi connectivity index (χ1) is 9.02. The standard InChI is InChI=1S/C15H20ClNO2/c1-15(14(18)19,11-5-3-2-4-6-11)17-13-9-7-12(16)8-10-13/h7-11,17H,2-6H2,1H3,(H,18,19). The molecule has 4 heteroatoms. The van der Waals surface area contributed by atoms with Crippen LogP contribution in [0.4, 0.5) is 5.69 Å². The lowest BCUT2D eigenvalue weighted by atomic mass is 9.75. The molecule has 1 atom stereocenters. The van der Waals surface area contributed by atoms with E-state index in [0.29, 0.717) is 5.02 Å². The van der Waals surface area contributed by atoms with Crippen molar-refractivity contribution in [2.24, 2.45) is 5.92 Å². The molecule has 1 fully saturated rings. The Morgan fingerprint density at radius 3 is 2.37 bits per heavy atom. The molecule has 3 nitrogen and oxygen atoms in total. The number of benzene rings is 1. The van der Waals surface area contributed by atoms with Crippen LogP contribution in [0.15, 0.2) is 24.3 Å². The predicted octanol–water partition coefficient (Wildman–Crippen LogP) is 4.18. The van der Waals surface area contributed by atoms with E-state index in [-0.39, 0.29) is 5.92 Å². The average molecular weight is 282 g/mol. The molecule has 0 spiro atoms. The maximum atomic E-state index is 11.7. The first-order valence-corrected chi connectivity index (χ1v) is 7.17. The van der Waals surface area contributed by atoms with Gasteiger partial charge in [-0.3, -0.25) is 0 Å². The summed E-state index contributed by atoms with van der Waals surface area (Å²) in [5.41, 5.74) is -0.103. The van der Waals surface area contributed by atoms with Crippen molar-refractivity contribution in [3.05, 3.63) is 29.3 Å². The molecule has 0 saturated heterocycles. The van der Waals surface area contributed by atoms with E-state index in [4.69, 9.17) is 11.6 Å². The third-order valence-electron chi connectivity index (χ3n) is 4.11. The molecule has 2 N–H and O–H groups in total. The highest BCUT2D eigenvalue weighted by atomic mass is 35.5. The van der Waals surface area contributed by atoms with Crippen molar-refractivity contribution in [1.29, 1.82) is 0 Å². The molecule has 0 aromatic heterocycles. The Hall–Kier alpha value is -1.22. The van der Waals surface area contributed by atoms with E-state index in [1.807, 2.05) is 12.1 Å². The number of rotatable bonds is 4. The number of carbonyl (C=O) groups is 1. The maximum absolute atomic E-state index is 11.7. The van der Waals surface area contributed by atoms with E-state index < -0.39 is 11.5 Å². The van der Waals surface area contributed by atoms with Crippen molar-refractivity contribution in [1.82, 2.24) is 0 Å². The predicted molar refractivity (Wildman–Crippen MR) is 77.7 cm³/mol. The van der Waals surface area contributed by atoms with Gasteiger partial charge in [-0.2, -0.15) is 0 Å². The maximum Gasteiger partial charge on any atom is 0.329 e. The van der Waals surface area contributed by atoms with Crippen molar-refractivity contribution >= 4 is 23.3 Å². The van der Waals surface area contributed by atoms with Gasteiger partial charge in [0.15, 0.2) is 0 Å².